The van der Waals surface area contributed by atoms with Crippen molar-refractivity contribution >= 4 is 11.6 Å². The maximum absolute atomic E-state index is 12.6. The molecule has 0 spiro atoms. The third kappa shape index (κ3) is 5.95. The van der Waals surface area contributed by atoms with Crippen LogP contribution in [-0.4, -0.2) is 69.8 Å². The van der Waals surface area contributed by atoms with Crippen molar-refractivity contribution in [3.05, 3.63) is 24.3 Å². The Balaban J connectivity index is 1.94. The van der Waals surface area contributed by atoms with Crippen molar-refractivity contribution in [1.29, 1.82) is 0 Å². The van der Waals surface area contributed by atoms with E-state index in [1.165, 1.54) is 0 Å². The van der Waals surface area contributed by atoms with Crippen LogP contribution in [0.5, 0.6) is 5.75 Å². The van der Waals surface area contributed by atoms with Crippen LogP contribution in [0.25, 0.3) is 0 Å². The average molecular weight is 383 g/mol. The van der Waals surface area contributed by atoms with Crippen LogP contribution in [0.1, 0.15) is 20.3 Å². The average Bonchev–Trinajstić information content (AvgIpc) is 3.06. The van der Waals surface area contributed by atoms with Crippen molar-refractivity contribution in [3.63, 3.8) is 0 Å². The summed E-state index contributed by atoms with van der Waals surface area (Å²) in [5, 5.41) is 6.79. The van der Waals surface area contributed by atoms with Crippen LogP contribution in [0.15, 0.2) is 29.3 Å². The monoisotopic (exact) mass is 383 g/mol. The van der Waals surface area contributed by atoms with Crippen LogP contribution in [0.4, 0.5) is 14.5 Å². The number of nitrogens with one attached hydrogen (secondary N) is 2. The lowest BCUT2D eigenvalue weighted by molar-refractivity contribution is -0.0495. The molecule has 1 aromatic carbocycles. The minimum atomic E-state index is -2.83. The van der Waals surface area contributed by atoms with Crippen molar-refractivity contribution in [2.75, 3.05) is 45.7 Å². The van der Waals surface area contributed by atoms with Gasteiger partial charge >= 0.3 is 6.61 Å². The lowest BCUT2D eigenvalue weighted by Crippen LogP contribution is -2.52. The van der Waals surface area contributed by atoms with Crippen LogP contribution in [0.3, 0.4) is 0 Å². The molecular weight excluding hydrogens is 352 g/mol. The Morgan fingerprint density at radius 1 is 1.37 bits per heavy atom. The highest BCUT2D eigenvalue weighted by Crippen LogP contribution is 2.31. The SMILES string of the molecule is CN=C(NCC(C)(C)N(C)C)NC1CCN(c2ccccc2OC(F)F)C1. The molecule has 2 rings (SSSR count). The summed E-state index contributed by atoms with van der Waals surface area (Å²) in [6, 6.07) is 7.10. The highest BCUT2D eigenvalue weighted by Gasteiger charge is 2.27. The molecule has 6 nitrogen and oxygen atoms in total. The van der Waals surface area contributed by atoms with Crippen LogP contribution in [0, 0.1) is 0 Å². The number of halogens is 2. The van der Waals surface area contributed by atoms with Gasteiger partial charge in [-0.3, -0.25) is 4.99 Å². The summed E-state index contributed by atoms with van der Waals surface area (Å²) >= 11 is 0. The minimum absolute atomic E-state index is 0.00905. The Morgan fingerprint density at radius 3 is 2.70 bits per heavy atom. The Morgan fingerprint density at radius 2 is 2.07 bits per heavy atom. The number of para-hydroxylation sites is 2. The van der Waals surface area contributed by atoms with E-state index in [1.54, 1.807) is 19.2 Å². The zero-order valence-electron chi connectivity index (χ0n) is 16.8. The summed E-state index contributed by atoms with van der Waals surface area (Å²) in [5.74, 6) is 0.956. The molecule has 1 fully saturated rings. The van der Waals surface area contributed by atoms with Crippen molar-refractivity contribution < 1.29 is 13.5 Å². The Labute approximate surface area is 160 Å². The third-order valence-corrected chi connectivity index (χ3v) is 5.07. The Kier molecular flexibility index (Phi) is 7.24. The van der Waals surface area contributed by atoms with Crippen LogP contribution < -0.4 is 20.3 Å². The first-order valence-electron chi connectivity index (χ1n) is 9.16. The maximum Gasteiger partial charge on any atom is 0.387 e. The van der Waals surface area contributed by atoms with Gasteiger partial charge in [-0.25, -0.2) is 0 Å². The lowest BCUT2D eigenvalue weighted by Gasteiger charge is -2.33. The van der Waals surface area contributed by atoms with Crippen LogP contribution >= 0.6 is 0 Å². The molecule has 1 aliphatic rings. The molecule has 1 heterocycles. The van der Waals surface area contributed by atoms with Crippen LogP contribution in [-0.2, 0) is 0 Å². The van der Waals surface area contributed by atoms with Gasteiger partial charge in [0.1, 0.15) is 5.75 Å². The number of alkyl halides is 2. The van der Waals surface area contributed by atoms with E-state index in [9.17, 15) is 8.78 Å². The van der Waals surface area contributed by atoms with Gasteiger partial charge in [0.05, 0.1) is 5.69 Å². The highest BCUT2D eigenvalue weighted by atomic mass is 19.3. The van der Waals surface area contributed by atoms with Crippen molar-refractivity contribution in [2.24, 2.45) is 4.99 Å². The van der Waals surface area contributed by atoms with E-state index in [4.69, 9.17) is 0 Å². The minimum Gasteiger partial charge on any atom is -0.433 e. The molecule has 1 unspecified atom stereocenters. The number of rotatable bonds is 7. The second-order valence-electron chi connectivity index (χ2n) is 7.55. The summed E-state index contributed by atoms with van der Waals surface area (Å²) in [5.41, 5.74) is 0.684. The molecule has 0 saturated carbocycles. The smallest absolute Gasteiger partial charge is 0.387 e. The number of hydrogen-bond donors (Lipinski definition) is 2. The van der Waals surface area contributed by atoms with E-state index in [-0.39, 0.29) is 17.3 Å². The molecule has 0 aromatic heterocycles. The fraction of sp³-hybridized carbons (Fsp3) is 0.632. The van der Waals surface area contributed by atoms with Crippen molar-refractivity contribution in [2.45, 2.75) is 38.5 Å². The van der Waals surface area contributed by atoms with Crippen molar-refractivity contribution in [3.8, 4) is 5.75 Å². The van der Waals surface area contributed by atoms with E-state index in [1.807, 2.05) is 26.2 Å². The van der Waals surface area contributed by atoms with Gasteiger partial charge in [0.15, 0.2) is 5.96 Å². The van der Waals surface area contributed by atoms with Gasteiger partial charge in [-0.05, 0) is 46.5 Å². The fourth-order valence-corrected chi connectivity index (χ4v) is 2.86. The second kappa shape index (κ2) is 9.21. The van der Waals surface area contributed by atoms with E-state index in [2.05, 4.69) is 44.0 Å². The quantitative estimate of drug-likeness (QED) is 0.559. The van der Waals surface area contributed by atoms with Gasteiger partial charge in [0.2, 0.25) is 0 Å². The molecule has 1 aromatic rings. The van der Waals surface area contributed by atoms with Gasteiger partial charge < -0.3 is 25.2 Å². The van der Waals surface area contributed by atoms with Crippen LogP contribution in [0.2, 0.25) is 0 Å². The predicted octanol–water partition coefficient (Wildman–Crippen LogP) is 2.37. The van der Waals surface area contributed by atoms with Gasteiger partial charge in [-0.1, -0.05) is 12.1 Å². The molecule has 1 aliphatic heterocycles. The zero-order chi connectivity index (χ0) is 20.0. The molecule has 0 radical (unpaired) electrons. The number of nitrogens with zero attached hydrogens (tertiary/aromatic N) is 3. The molecule has 152 valence electrons. The summed E-state index contributed by atoms with van der Waals surface area (Å²) in [6.45, 7) is 3.70. The Hall–Kier alpha value is -2.09. The molecule has 0 aliphatic carbocycles. The molecular formula is C19H31F2N5O. The molecule has 0 bridgehead atoms. The van der Waals surface area contributed by atoms with Gasteiger partial charge in [-0.15, -0.1) is 0 Å². The molecule has 2 N–H and O–H groups in total. The number of anilines is 1. The largest absolute Gasteiger partial charge is 0.433 e. The second-order valence-corrected chi connectivity index (χ2v) is 7.55. The summed E-state index contributed by atoms with van der Waals surface area (Å²) in [4.78, 5) is 8.52. The number of aliphatic imine (C=N–C) groups is 1. The molecule has 1 atom stereocenters. The third-order valence-electron chi connectivity index (χ3n) is 5.07. The molecule has 1 saturated heterocycles. The maximum atomic E-state index is 12.6. The number of likely N-dealkylation sites (N-methyl/N-ethyl adjacent to an activating group) is 1. The van der Waals surface area contributed by atoms with E-state index in [0.717, 1.165) is 25.5 Å². The fourth-order valence-electron chi connectivity index (χ4n) is 2.86. The molecule has 27 heavy (non-hydrogen) atoms. The zero-order valence-corrected chi connectivity index (χ0v) is 16.8. The van der Waals surface area contributed by atoms with E-state index in [0.29, 0.717) is 12.2 Å². The summed E-state index contributed by atoms with van der Waals surface area (Å²) < 4.78 is 29.9. The lowest BCUT2D eigenvalue weighted by atomic mass is 10.0. The number of guanidine groups is 1. The van der Waals surface area contributed by atoms with E-state index < -0.39 is 6.61 Å². The first kappa shape index (κ1) is 21.2. The normalized spacial score (nSPS) is 18.3. The van der Waals surface area contributed by atoms with Gasteiger partial charge in [0, 0.05) is 38.3 Å². The van der Waals surface area contributed by atoms with Crippen molar-refractivity contribution in [1.82, 2.24) is 15.5 Å². The number of ether oxygens (including phenoxy) is 1. The van der Waals surface area contributed by atoms with Gasteiger partial charge in [-0.2, -0.15) is 8.78 Å². The Bertz CT molecular complexity index is 636. The topological polar surface area (TPSA) is 52.1 Å². The number of hydrogen-bond acceptors (Lipinski definition) is 4. The summed E-state index contributed by atoms with van der Waals surface area (Å²) in [6.07, 6.45) is 0.890. The first-order valence-corrected chi connectivity index (χ1v) is 9.16. The first-order chi connectivity index (χ1) is 12.7. The molecule has 8 heteroatoms. The molecule has 0 amide bonds. The van der Waals surface area contributed by atoms with Gasteiger partial charge in [0.25, 0.3) is 0 Å². The predicted molar refractivity (Wildman–Crippen MR) is 106 cm³/mol. The standard InChI is InChI=1S/C19H31F2N5O/c1-19(2,25(4)5)13-23-18(22-3)24-14-10-11-26(12-14)15-8-6-7-9-16(15)27-17(20)21/h6-9,14,17H,10-13H2,1-5H3,(H2,22,23,24). The summed E-state index contributed by atoms with van der Waals surface area (Å²) in [7, 11) is 5.84. The highest BCUT2D eigenvalue weighted by molar-refractivity contribution is 5.80. The number of benzene rings is 1. The van der Waals surface area contributed by atoms with E-state index >= 15 is 0 Å².